The molecule has 0 aromatic heterocycles. The first kappa shape index (κ1) is 15.7. The Labute approximate surface area is 116 Å². The molecule has 1 rings (SSSR count). The Hall–Kier alpha value is -1.35. The van der Waals surface area contributed by atoms with Crippen molar-refractivity contribution in [1.82, 2.24) is 0 Å². The molecule has 106 valence electrons. The van der Waals surface area contributed by atoms with Crippen molar-refractivity contribution < 1.29 is 9.53 Å². The predicted molar refractivity (Wildman–Crippen MR) is 77.7 cm³/mol. The lowest BCUT2D eigenvalue weighted by molar-refractivity contribution is -0.147. The van der Waals surface area contributed by atoms with Crippen molar-refractivity contribution in [3.8, 4) is 0 Å². The zero-order valence-corrected chi connectivity index (χ0v) is 12.3. The van der Waals surface area contributed by atoms with Gasteiger partial charge >= 0.3 is 5.97 Å². The van der Waals surface area contributed by atoms with Crippen molar-refractivity contribution >= 4 is 5.97 Å². The van der Waals surface area contributed by atoms with E-state index in [2.05, 4.69) is 19.1 Å². The van der Waals surface area contributed by atoms with Crippen LogP contribution in [0.3, 0.4) is 0 Å². The van der Waals surface area contributed by atoms with Crippen LogP contribution in [-0.4, -0.2) is 13.1 Å². The van der Waals surface area contributed by atoms with E-state index in [1.807, 2.05) is 26.0 Å². The minimum atomic E-state index is -0.317. The van der Waals surface area contributed by atoms with Crippen LogP contribution in [-0.2, 0) is 16.0 Å². The maximum absolute atomic E-state index is 11.8. The molecule has 0 fully saturated rings. The van der Waals surface area contributed by atoms with E-state index in [0.717, 1.165) is 18.4 Å². The molecule has 1 aromatic rings. The molecule has 3 nitrogen and oxygen atoms in total. The largest absolute Gasteiger partial charge is 0.469 e. The number of rotatable bonds is 6. The summed E-state index contributed by atoms with van der Waals surface area (Å²) in [4.78, 5) is 11.8. The summed E-state index contributed by atoms with van der Waals surface area (Å²) >= 11 is 0. The van der Waals surface area contributed by atoms with E-state index in [1.165, 1.54) is 12.7 Å². The second-order valence-electron chi connectivity index (χ2n) is 5.31. The summed E-state index contributed by atoms with van der Waals surface area (Å²) in [6.45, 7) is 6.14. The summed E-state index contributed by atoms with van der Waals surface area (Å²) in [5.41, 5.74) is 8.53. The lowest BCUT2D eigenvalue weighted by atomic mass is 9.85. The average Bonchev–Trinajstić information content (AvgIpc) is 2.39. The molecule has 0 aliphatic rings. The lowest BCUT2D eigenvalue weighted by Gasteiger charge is -2.25. The van der Waals surface area contributed by atoms with Crippen LogP contribution in [0.15, 0.2) is 24.3 Å². The van der Waals surface area contributed by atoms with Crippen LogP contribution < -0.4 is 5.73 Å². The summed E-state index contributed by atoms with van der Waals surface area (Å²) in [5, 5.41) is 0. The number of nitrogens with two attached hydrogens (primary N) is 1. The molecule has 0 saturated carbocycles. The van der Waals surface area contributed by atoms with Gasteiger partial charge in [0.2, 0.25) is 0 Å². The molecule has 1 aromatic carbocycles. The molecule has 0 saturated heterocycles. The summed E-state index contributed by atoms with van der Waals surface area (Å²) in [6, 6.07) is 7.91. The van der Waals surface area contributed by atoms with Gasteiger partial charge in [-0.1, -0.05) is 51.5 Å². The Morgan fingerprint density at radius 2 is 1.84 bits per heavy atom. The van der Waals surface area contributed by atoms with Gasteiger partial charge in [0.05, 0.1) is 13.0 Å². The normalized spacial score (nSPS) is 14.2. The number of carbonyl (C=O) groups excluding carboxylic acids is 1. The fourth-order valence-electron chi connectivity index (χ4n) is 2.37. The zero-order valence-electron chi connectivity index (χ0n) is 12.3. The first-order valence-corrected chi connectivity index (χ1v) is 6.93. The van der Waals surface area contributed by atoms with E-state index in [4.69, 9.17) is 10.5 Å². The highest BCUT2D eigenvalue weighted by atomic mass is 16.5. The van der Waals surface area contributed by atoms with Gasteiger partial charge in [0, 0.05) is 6.04 Å². The van der Waals surface area contributed by atoms with Gasteiger partial charge < -0.3 is 10.5 Å². The highest BCUT2D eigenvalue weighted by molar-refractivity contribution is 5.73. The molecule has 2 atom stereocenters. The van der Waals surface area contributed by atoms with Crippen LogP contribution in [0.5, 0.6) is 0 Å². The number of aryl methyl sites for hydroxylation is 1. The fraction of sp³-hybridized carbons (Fsp3) is 0.562. The first-order valence-electron chi connectivity index (χ1n) is 6.93. The molecule has 0 radical (unpaired) electrons. The Balaban J connectivity index is 2.90. The minimum Gasteiger partial charge on any atom is -0.469 e. The second kappa shape index (κ2) is 7.29. The van der Waals surface area contributed by atoms with Gasteiger partial charge in [-0.3, -0.25) is 4.79 Å². The van der Waals surface area contributed by atoms with Crippen molar-refractivity contribution in [2.24, 2.45) is 17.6 Å². The van der Waals surface area contributed by atoms with E-state index >= 15 is 0 Å². The van der Waals surface area contributed by atoms with E-state index in [1.54, 1.807) is 0 Å². The molecule has 19 heavy (non-hydrogen) atoms. The quantitative estimate of drug-likeness (QED) is 0.802. The topological polar surface area (TPSA) is 52.3 Å². The summed E-state index contributed by atoms with van der Waals surface area (Å²) in [6.07, 6.45) is 2.20. The molecule has 3 heteroatoms. The van der Waals surface area contributed by atoms with Gasteiger partial charge in [-0.05, 0) is 23.5 Å². The van der Waals surface area contributed by atoms with Crippen LogP contribution >= 0.6 is 0 Å². The number of esters is 1. The summed E-state index contributed by atoms with van der Waals surface area (Å²) in [7, 11) is 1.41. The molecule has 0 aliphatic heterocycles. The standard InChI is InChI=1S/C16H25NO2/c1-5-6-12-7-9-13(10-8-12)15(17)14(11(2)3)16(18)19-4/h7-11,14-15H,5-6,17H2,1-4H3. The van der Waals surface area contributed by atoms with Crippen molar-refractivity contribution in [2.75, 3.05) is 7.11 Å². The lowest BCUT2D eigenvalue weighted by Crippen LogP contribution is -2.33. The van der Waals surface area contributed by atoms with Gasteiger partial charge in [-0.2, -0.15) is 0 Å². The third-order valence-electron chi connectivity index (χ3n) is 3.48. The Kier molecular flexibility index (Phi) is 6.03. The third-order valence-corrected chi connectivity index (χ3v) is 3.48. The van der Waals surface area contributed by atoms with Crippen molar-refractivity contribution in [1.29, 1.82) is 0 Å². The molecule has 0 heterocycles. The van der Waals surface area contributed by atoms with Gasteiger partial charge in [-0.15, -0.1) is 0 Å². The predicted octanol–water partition coefficient (Wildman–Crippen LogP) is 3.08. The summed E-state index contributed by atoms with van der Waals surface area (Å²) in [5.74, 6) is -0.389. The fourth-order valence-corrected chi connectivity index (χ4v) is 2.37. The third kappa shape index (κ3) is 4.06. The molecule has 0 bridgehead atoms. The molecule has 0 amide bonds. The molecule has 2 unspecified atom stereocenters. The van der Waals surface area contributed by atoms with Crippen LogP contribution in [0.1, 0.15) is 44.4 Å². The molecule has 0 aliphatic carbocycles. The van der Waals surface area contributed by atoms with Crippen LogP contribution in [0.25, 0.3) is 0 Å². The number of hydrogen-bond donors (Lipinski definition) is 1. The summed E-state index contributed by atoms with van der Waals surface area (Å²) < 4.78 is 4.86. The molecule has 2 N–H and O–H groups in total. The smallest absolute Gasteiger partial charge is 0.310 e. The average molecular weight is 263 g/mol. The van der Waals surface area contributed by atoms with Crippen molar-refractivity contribution in [3.63, 3.8) is 0 Å². The van der Waals surface area contributed by atoms with Gasteiger partial charge in [0.25, 0.3) is 0 Å². The van der Waals surface area contributed by atoms with Gasteiger partial charge in [-0.25, -0.2) is 0 Å². The van der Waals surface area contributed by atoms with Crippen molar-refractivity contribution in [2.45, 2.75) is 39.7 Å². The second-order valence-corrected chi connectivity index (χ2v) is 5.31. The van der Waals surface area contributed by atoms with E-state index in [9.17, 15) is 4.79 Å². The zero-order chi connectivity index (χ0) is 14.4. The number of methoxy groups -OCH3 is 1. The van der Waals surface area contributed by atoms with Crippen molar-refractivity contribution in [3.05, 3.63) is 35.4 Å². The maximum atomic E-state index is 11.8. The van der Waals surface area contributed by atoms with E-state index in [-0.39, 0.29) is 23.8 Å². The van der Waals surface area contributed by atoms with Gasteiger partial charge in [0.1, 0.15) is 0 Å². The first-order chi connectivity index (χ1) is 9.01. The Bertz CT molecular complexity index is 398. The van der Waals surface area contributed by atoms with Crippen LogP contribution in [0.2, 0.25) is 0 Å². The highest BCUT2D eigenvalue weighted by Crippen LogP contribution is 2.27. The van der Waals surface area contributed by atoms with E-state index in [0.29, 0.717) is 0 Å². The SMILES string of the molecule is CCCc1ccc(C(N)C(C(=O)OC)C(C)C)cc1. The Morgan fingerprint density at radius 1 is 1.26 bits per heavy atom. The number of carbonyl (C=O) groups is 1. The minimum absolute atomic E-state index is 0.151. The number of hydrogen-bond acceptors (Lipinski definition) is 3. The monoisotopic (exact) mass is 263 g/mol. The highest BCUT2D eigenvalue weighted by Gasteiger charge is 2.30. The Morgan fingerprint density at radius 3 is 2.26 bits per heavy atom. The van der Waals surface area contributed by atoms with E-state index < -0.39 is 0 Å². The maximum Gasteiger partial charge on any atom is 0.310 e. The molecular formula is C16H25NO2. The van der Waals surface area contributed by atoms with Crippen LogP contribution in [0, 0.1) is 11.8 Å². The molecular weight excluding hydrogens is 238 g/mol. The number of ether oxygens (including phenoxy) is 1. The van der Waals surface area contributed by atoms with Crippen LogP contribution in [0.4, 0.5) is 0 Å². The van der Waals surface area contributed by atoms with Gasteiger partial charge in [0.15, 0.2) is 0 Å². The molecule has 0 spiro atoms. The number of benzene rings is 1.